The molecule has 7 nitrogen and oxygen atoms in total. The number of methoxy groups -OCH3 is 1. The molecule has 0 bridgehead atoms. The van der Waals surface area contributed by atoms with Gasteiger partial charge in [0.25, 0.3) is 0 Å². The standard InChI is InChI=1S/C10H14N2O5/c1-5-8(10(14)15)9(17-12-5)6(2)11-7(13)4-16-3/h6H,4H2,1-3H3,(H,11,13)(H,14,15). The lowest BCUT2D eigenvalue weighted by atomic mass is 10.1. The zero-order chi connectivity index (χ0) is 13.0. The van der Waals surface area contributed by atoms with E-state index in [1.807, 2.05) is 0 Å². The summed E-state index contributed by atoms with van der Waals surface area (Å²) in [6, 6.07) is -0.579. The predicted molar refractivity (Wildman–Crippen MR) is 56.6 cm³/mol. The Hall–Kier alpha value is -1.89. The first-order valence-corrected chi connectivity index (χ1v) is 4.95. The predicted octanol–water partition coefficient (Wildman–Crippen LogP) is 0.505. The van der Waals surface area contributed by atoms with Crippen LogP contribution in [-0.2, 0) is 9.53 Å². The molecule has 0 saturated carbocycles. The maximum absolute atomic E-state index is 11.3. The Morgan fingerprint density at radius 2 is 2.24 bits per heavy atom. The van der Waals surface area contributed by atoms with Gasteiger partial charge in [-0.1, -0.05) is 5.16 Å². The van der Waals surface area contributed by atoms with E-state index in [9.17, 15) is 9.59 Å². The summed E-state index contributed by atoms with van der Waals surface area (Å²) in [6.45, 7) is 3.04. The van der Waals surface area contributed by atoms with Crippen LogP contribution in [0, 0.1) is 6.92 Å². The molecule has 1 atom stereocenters. The van der Waals surface area contributed by atoms with E-state index in [1.165, 1.54) is 14.0 Å². The van der Waals surface area contributed by atoms with Crippen molar-refractivity contribution in [2.45, 2.75) is 19.9 Å². The number of carbonyl (C=O) groups is 2. The maximum atomic E-state index is 11.3. The molecule has 0 saturated heterocycles. The number of ether oxygens (including phenoxy) is 1. The maximum Gasteiger partial charge on any atom is 0.341 e. The Morgan fingerprint density at radius 1 is 1.59 bits per heavy atom. The Balaban J connectivity index is 2.85. The van der Waals surface area contributed by atoms with Crippen LogP contribution in [0.2, 0.25) is 0 Å². The molecule has 1 aromatic rings. The molecule has 17 heavy (non-hydrogen) atoms. The zero-order valence-corrected chi connectivity index (χ0v) is 9.81. The van der Waals surface area contributed by atoms with Crippen LogP contribution in [0.15, 0.2) is 4.52 Å². The minimum atomic E-state index is -1.13. The second kappa shape index (κ2) is 5.44. The molecule has 0 aromatic carbocycles. The average Bonchev–Trinajstić information content (AvgIpc) is 2.60. The number of carboxylic acids is 1. The van der Waals surface area contributed by atoms with Crippen LogP contribution in [0.5, 0.6) is 0 Å². The van der Waals surface area contributed by atoms with E-state index < -0.39 is 12.0 Å². The van der Waals surface area contributed by atoms with Crippen molar-refractivity contribution in [2.75, 3.05) is 13.7 Å². The Bertz CT molecular complexity index is 426. The highest BCUT2D eigenvalue weighted by molar-refractivity contribution is 5.90. The molecule has 0 radical (unpaired) electrons. The number of aromatic carboxylic acids is 1. The molecular weight excluding hydrogens is 228 g/mol. The average molecular weight is 242 g/mol. The van der Waals surface area contributed by atoms with Gasteiger partial charge in [0.1, 0.15) is 12.2 Å². The number of nitrogens with zero attached hydrogens (tertiary/aromatic N) is 1. The van der Waals surface area contributed by atoms with E-state index in [4.69, 9.17) is 9.63 Å². The normalized spacial score (nSPS) is 12.2. The smallest absolute Gasteiger partial charge is 0.341 e. The van der Waals surface area contributed by atoms with Gasteiger partial charge in [0.15, 0.2) is 5.76 Å². The molecule has 1 aromatic heterocycles. The number of hydrogen-bond donors (Lipinski definition) is 2. The SMILES string of the molecule is COCC(=O)NC(C)c1onc(C)c1C(=O)O. The van der Waals surface area contributed by atoms with Gasteiger partial charge in [-0.25, -0.2) is 4.79 Å². The molecule has 0 aliphatic carbocycles. The monoisotopic (exact) mass is 242 g/mol. The molecule has 7 heteroatoms. The van der Waals surface area contributed by atoms with E-state index in [0.717, 1.165) is 0 Å². The Kier molecular flexibility index (Phi) is 4.22. The van der Waals surface area contributed by atoms with Gasteiger partial charge in [0, 0.05) is 7.11 Å². The van der Waals surface area contributed by atoms with Crippen molar-refractivity contribution < 1.29 is 24.0 Å². The van der Waals surface area contributed by atoms with Crippen LogP contribution in [0.3, 0.4) is 0 Å². The van der Waals surface area contributed by atoms with Crippen LogP contribution >= 0.6 is 0 Å². The third kappa shape index (κ3) is 3.04. The molecule has 94 valence electrons. The van der Waals surface area contributed by atoms with E-state index >= 15 is 0 Å². The molecular formula is C10H14N2O5. The first kappa shape index (κ1) is 13.2. The fourth-order valence-corrected chi connectivity index (χ4v) is 1.42. The molecule has 0 aliphatic rings. The lowest BCUT2D eigenvalue weighted by Crippen LogP contribution is -2.30. The van der Waals surface area contributed by atoms with Gasteiger partial charge in [-0.3, -0.25) is 4.79 Å². The zero-order valence-electron chi connectivity index (χ0n) is 9.81. The Morgan fingerprint density at radius 3 is 2.76 bits per heavy atom. The third-order valence-corrected chi connectivity index (χ3v) is 2.15. The van der Waals surface area contributed by atoms with Crippen LogP contribution in [0.1, 0.15) is 34.8 Å². The molecule has 1 heterocycles. The summed E-state index contributed by atoms with van der Waals surface area (Å²) in [5, 5.41) is 15.1. The molecule has 0 aliphatic heterocycles. The largest absolute Gasteiger partial charge is 0.477 e. The van der Waals surface area contributed by atoms with E-state index in [2.05, 4.69) is 15.2 Å². The number of aryl methyl sites for hydroxylation is 1. The minimum absolute atomic E-state index is 0.0183. The van der Waals surface area contributed by atoms with Crippen LogP contribution < -0.4 is 5.32 Å². The number of carbonyl (C=O) groups excluding carboxylic acids is 1. The summed E-state index contributed by atoms with van der Waals surface area (Å²) in [5.74, 6) is -1.36. The van der Waals surface area contributed by atoms with Crippen molar-refractivity contribution in [2.24, 2.45) is 0 Å². The summed E-state index contributed by atoms with van der Waals surface area (Å²) < 4.78 is 9.56. The highest BCUT2D eigenvalue weighted by Crippen LogP contribution is 2.20. The first-order chi connectivity index (χ1) is 7.97. The van der Waals surface area contributed by atoms with Gasteiger partial charge in [0.2, 0.25) is 5.91 Å². The lowest BCUT2D eigenvalue weighted by molar-refractivity contribution is -0.125. The van der Waals surface area contributed by atoms with Crippen molar-refractivity contribution in [1.82, 2.24) is 10.5 Å². The quantitative estimate of drug-likeness (QED) is 0.779. The first-order valence-electron chi connectivity index (χ1n) is 4.95. The van der Waals surface area contributed by atoms with E-state index in [1.54, 1.807) is 6.92 Å². The van der Waals surface area contributed by atoms with Crippen molar-refractivity contribution in [3.8, 4) is 0 Å². The molecule has 2 N–H and O–H groups in total. The number of nitrogens with one attached hydrogen (secondary N) is 1. The highest BCUT2D eigenvalue weighted by atomic mass is 16.5. The molecule has 1 amide bonds. The van der Waals surface area contributed by atoms with Crippen molar-refractivity contribution >= 4 is 11.9 Å². The highest BCUT2D eigenvalue weighted by Gasteiger charge is 2.25. The van der Waals surface area contributed by atoms with E-state index in [0.29, 0.717) is 0 Å². The fraction of sp³-hybridized carbons (Fsp3) is 0.500. The fourth-order valence-electron chi connectivity index (χ4n) is 1.42. The van der Waals surface area contributed by atoms with Crippen LogP contribution in [-0.4, -0.2) is 35.9 Å². The molecule has 1 rings (SSSR count). The third-order valence-electron chi connectivity index (χ3n) is 2.15. The van der Waals surface area contributed by atoms with E-state index in [-0.39, 0.29) is 29.5 Å². The van der Waals surface area contributed by atoms with Gasteiger partial charge in [0.05, 0.1) is 11.7 Å². The second-order valence-corrected chi connectivity index (χ2v) is 3.53. The van der Waals surface area contributed by atoms with Crippen molar-refractivity contribution in [3.05, 3.63) is 17.0 Å². The summed E-state index contributed by atoms with van der Waals surface area (Å²) in [5.41, 5.74) is 0.260. The Labute approximate surface area is 97.7 Å². The summed E-state index contributed by atoms with van der Waals surface area (Å²) >= 11 is 0. The number of aromatic nitrogens is 1. The number of amides is 1. The van der Waals surface area contributed by atoms with Crippen LogP contribution in [0.25, 0.3) is 0 Å². The van der Waals surface area contributed by atoms with Gasteiger partial charge >= 0.3 is 5.97 Å². The number of carboxylic acid groups (broad SMARTS) is 1. The summed E-state index contributed by atoms with van der Waals surface area (Å²) in [7, 11) is 1.39. The molecule has 0 spiro atoms. The number of hydrogen-bond acceptors (Lipinski definition) is 5. The second-order valence-electron chi connectivity index (χ2n) is 3.53. The number of rotatable bonds is 5. The van der Waals surface area contributed by atoms with Gasteiger partial charge in [-0.2, -0.15) is 0 Å². The topological polar surface area (TPSA) is 102 Å². The van der Waals surface area contributed by atoms with Gasteiger partial charge < -0.3 is 19.7 Å². The lowest BCUT2D eigenvalue weighted by Gasteiger charge is -2.11. The van der Waals surface area contributed by atoms with Crippen LogP contribution in [0.4, 0.5) is 0 Å². The van der Waals surface area contributed by atoms with Crippen molar-refractivity contribution in [1.29, 1.82) is 0 Å². The summed E-state index contributed by atoms with van der Waals surface area (Å²) in [6.07, 6.45) is 0. The molecule has 1 unspecified atom stereocenters. The van der Waals surface area contributed by atoms with Gasteiger partial charge in [-0.15, -0.1) is 0 Å². The summed E-state index contributed by atoms with van der Waals surface area (Å²) in [4.78, 5) is 22.3. The molecule has 0 fully saturated rings. The van der Waals surface area contributed by atoms with Crippen molar-refractivity contribution in [3.63, 3.8) is 0 Å². The minimum Gasteiger partial charge on any atom is -0.477 e. The van der Waals surface area contributed by atoms with Gasteiger partial charge in [-0.05, 0) is 13.8 Å².